The molecule has 3 aromatic carbocycles. The van der Waals surface area contributed by atoms with Crippen molar-refractivity contribution in [2.45, 2.75) is 0 Å². The lowest BCUT2D eigenvalue weighted by atomic mass is 10.1. The van der Waals surface area contributed by atoms with Gasteiger partial charge in [-0.05, 0) is 18.2 Å². The van der Waals surface area contributed by atoms with Gasteiger partial charge in [0.15, 0.2) is 17.5 Å². The second-order valence-corrected chi connectivity index (χ2v) is 5.77. The highest BCUT2D eigenvalue weighted by molar-refractivity contribution is 5.68. The predicted molar refractivity (Wildman–Crippen MR) is 101 cm³/mol. The molecule has 0 spiro atoms. The number of aromatic nitrogens is 3. The van der Waals surface area contributed by atoms with Crippen LogP contribution in [0.15, 0.2) is 78.9 Å². The van der Waals surface area contributed by atoms with E-state index in [-0.39, 0.29) is 5.69 Å². The molecular formula is C21H15FN4. The first-order valence-corrected chi connectivity index (χ1v) is 8.13. The molecule has 0 fully saturated rings. The van der Waals surface area contributed by atoms with Crippen molar-refractivity contribution in [2.24, 2.45) is 0 Å². The van der Waals surface area contributed by atoms with E-state index < -0.39 is 5.82 Å². The third-order valence-electron chi connectivity index (χ3n) is 3.95. The first kappa shape index (κ1) is 15.9. The van der Waals surface area contributed by atoms with E-state index in [1.165, 1.54) is 12.1 Å². The quantitative estimate of drug-likeness (QED) is 0.553. The van der Waals surface area contributed by atoms with Crippen LogP contribution in [0.1, 0.15) is 0 Å². The molecule has 0 saturated heterocycles. The van der Waals surface area contributed by atoms with Gasteiger partial charge in [0.2, 0.25) is 0 Å². The number of nitrogens with two attached hydrogens (primary N) is 1. The second kappa shape index (κ2) is 6.72. The third kappa shape index (κ3) is 3.15. The molecule has 0 saturated carbocycles. The molecule has 0 aliphatic heterocycles. The smallest absolute Gasteiger partial charge is 0.164 e. The highest BCUT2D eigenvalue weighted by Gasteiger charge is 2.12. The van der Waals surface area contributed by atoms with Gasteiger partial charge in [0.25, 0.3) is 0 Å². The van der Waals surface area contributed by atoms with Gasteiger partial charge in [-0.1, -0.05) is 60.7 Å². The molecule has 4 rings (SSSR count). The van der Waals surface area contributed by atoms with E-state index >= 15 is 0 Å². The van der Waals surface area contributed by atoms with E-state index in [0.29, 0.717) is 23.0 Å². The lowest BCUT2D eigenvalue weighted by Crippen LogP contribution is -2.01. The number of benzene rings is 3. The number of hydrogen-bond donors (Lipinski definition) is 1. The summed E-state index contributed by atoms with van der Waals surface area (Å²) in [5.74, 6) is 1.09. The summed E-state index contributed by atoms with van der Waals surface area (Å²) >= 11 is 0. The van der Waals surface area contributed by atoms with Crippen molar-refractivity contribution in [3.05, 3.63) is 84.7 Å². The topological polar surface area (TPSA) is 64.7 Å². The molecule has 126 valence electrons. The average molecular weight is 342 g/mol. The van der Waals surface area contributed by atoms with Crippen molar-refractivity contribution in [1.82, 2.24) is 15.0 Å². The number of nitrogens with zero attached hydrogens (tertiary/aromatic N) is 3. The molecular weight excluding hydrogens is 327 g/mol. The summed E-state index contributed by atoms with van der Waals surface area (Å²) in [5.41, 5.74) is 8.17. The van der Waals surface area contributed by atoms with Gasteiger partial charge in [0, 0.05) is 16.7 Å². The summed E-state index contributed by atoms with van der Waals surface area (Å²) in [4.78, 5) is 13.8. The van der Waals surface area contributed by atoms with Crippen molar-refractivity contribution >= 4 is 5.69 Å². The zero-order valence-electron chi connectivity index (χ0n) is 13.8. The Morgan fingerprint density at radius 3 is 1.50 bits per heavy atom. The van der Waals surface area contributed by atoms with Crippen LogP contribution in [-0.4, -0.2) is 15.0 Å². The molecule has 1 heterocycles. The van der Waals surface area contributed by atoms with Gasteiger partial charge in [-0.25, -0.2) is 19.3 Å². The molecule has 0 radical (unpaired) electrons. The fourth-order valence-electron chi connectivity index (χ4n) is 2.62. The summed E-state index contributed by atoms with van der Waals surface area (Å²) in [7, 11) is 0. The molecule has 5 heteroatoms. The molecule has 0 aliphatic carbocycles. The van der Waals surface area contributed by atoms with Crippen LogP contribution in [0.3, 0.4) is 0 Å². The molecule has 0 unspecified atom stereocenters. The Balaban J connectivity index is 1.92. The molecule has 0 atom stereocenters. The SMILES string of the molecule is Nc1cc(-c2nc(-c3ccccc3)nc(-c3ccccc3)n2)ccc1F. The Labute approximate surface area is 150 Å². The third-order valence-corrected chi connectivity index (χ3v) is 3.95. The summed E-state index contributed by atoms with van der Waals surface area (Å²) < 4.78 is 13.5. The first-order chi connectivity index (χ1) is 12.7. The van der Waals surface area contributed by atoms with Crippen molar-refractivity contribution in [3.63, 3.8) is 0 Å². The second-order valence-electron chi connectivity index (χ2n) is 5.77. The minimum atomic E-state index is -0.464. The van der Waals surface area contributed by atoms with Crippen LogP contribution in [0.2, 0.25) is 0 Å². The van der Waals surface area contributed by atoms with Gasteiger partial charge < -0.3 is 5.73 Å². The van der Waals surface area contributed by atoms with Gasteiger partial charge in [0.1, 0.15) is 5.82 Å². The Kier molecular flexibility index (Phi) is 4.11. The fourth-order valence-corrected chi connectivity index (χ4v) is 2.62. The number of rotatable bonds is 3. The summed E-state index contributed by atoms with van der Waals surface area (Å²) in [6.45, 7) is 0. The van der Waals surface area contributed by atoms with Crippen LogP contribution < -0.4 is 5.73 Å². The van der Waals surface area contributed by atoms with Crippen molar-refractivity contribution in [1.29, 1.82) is 0 Å². The Morgan fingerprint density at radius 2 is 1.04 bits per heavy atom. The molecule has 0 aliphatic rings. The van der Waals surface area contributed by atoms with Crippen LogP contribution in [0.25, 0.3) is 34.2 Å². The van der Waals surface area contributed by atoms with E-state index in [4.69, 9.17) is 5.73 Å². The minimum Gasteiger partial charge on any atom is -0.396 e. The standard InChI is InChI=1S/C21H15FN4/c22-17-12-11-16(13-18(17)23)21-25-19(14-7-3-1-4-8-14)24-20(26-21)15-9-5-2-6-10-15/h1-13H,23H2. The lowest BCUT2D eigenvalue weighted by molar-refractivity contribution is 0.632. The molecule has 4 nitrogen and oxygen atoms in total. The van der Waals surface area contributed by atoms with Crippen molar-refractivity contribution in [3.8, 4) is 34.2 Å². The molecule has 26 heavy (non-hydrogen) atoms. The summed E-state index contributed by atoms with van der Waals surface area (Å²) in [6.07, 6.45) is 0. The van der Waals surface area contributed by atoms with Gasteiger partial charge >= 0.3 is 0 Å². The zero-order valence-corrected chi connectivity index (χ0v) is 13.8. The van der Waals surface area contributed by atoms with Crippen LogP contribution in [0.4, 0.5) is 10.1 Å². The summed E-state index contributed by atoms with van der Waals surface area (Å²) in [6, 6.07) is 23.8. The fraction of sp³-hybridized carbons (Fsp3) is 0. The Morgan fingerprint density at radius 1 is 0.577 bits per heavy atom. The number of nitrogen functional groups attached to an aromatic ring is 1. The summed E-state index contributed by atoms with van der Waals surface area (Å²) in [5, 5.41) is 0. The normalized spacial score (nSPS) is 10.7. The molecule has 4 aromatic rings. The van der Waals surface area contributed by atoms with E-state index in [2.05, 4.69) is 15.0 Å². The van der Waals surface area contributed by atoms with Crippen molar-refractivity contribution in [2.75, 3.05) is 5.73 Å². The van der Waals surface area contributed by atoms with Crippen LogP contribution in [0, 0.1) is 5.82 Å². The van der Waals surface area contributed by atoms with E-state index in [1.807, 2.05) is 60.7 Å². The minimum absolute atomic E-state index is 0.0606. The first-order valence-electron chi connectivity index (χ1n) is 8.13. The van der Waals surface area contributed by atoms with E-state index in [1.54, 1.807) is 6.07 Å². The van der Waals surface area contributed by atoms with E-state index in [0.717, 1.165) is 11.1 Å². The number of anilines is 1. The molecule has 2 N–H and O–H groups in total. The highest BCUT2D eigenvalue weighted by atomic mass is 19.1. The average Bonchev–Trinajstić information content (AvgIpc) is 2.71. The maximum atomic E-state index is 13.5. The largest absolute Gasteiger partial charge is 0.396 e. The van der Waals surface area contributed by atoms with E-state index in [9.17, 15) is 4.39 Å². The maximum Gasteiger partial charge on any atom is 0.164 e. The molecule has 1 aromatic heterocycles. The van der Waals surface area contributed by atoms with Crippen molar-refractivity contribution < 1.29 is 4.39 Å². The Hall–Kier alpha value is -3.60. The van der Waals surface area contributed by atoms with Crippen LogP contribution in [0.5, 0.6) is 0 Å². The van der Waals surface area contributed by atoms with Gasteiger partial charge in [-0.15, -0.1) is 0 Å². The molecule has 0 bridgehead atoms. The molecule has 0 amide bonds. The highest BCUT2D eigenvalue weighted by Crippen LogP contribution is 2.26. The van der Waals surface area contributed by atoms with Gasteiger partial charge in [-0.2, -0.15) is 0 Å². The number of halogens is 1. The Bertz CT molecular complexity index is 992. The zero-order chi connectivity index (χ0) is 17.9. The monoisotopic (exact) mass is 342 g/mol. The predicted octanol–water partition coefficient (Wildman–Crippen LogP) is 4.59. The van der Waals surface area contributed by atoms with Gasteiger partial charge in [-0.3, -0.25) is 0 Å². The van der Waals surface area contributed by atoms with Crippen LogP contribution >= 0.6 is 0 Å². The van der Waals surface area contributed by atoms with Gasteiger partial charge in [0.05, 0.1) is 5.69 Å². The maximum absolute atomic E-state index is 13.5. The number of hydrogen-bond acceptors (Lipinski definition) is 4. The lowest BCUT2D eigenvalue weighted by Gasteiger charge is -2.08. The van der Waals surface area contributed by atoms with Crippen LogP contribution in [-0.2, 0) is 0 Å².